The molecule has 1 aromatic carbocycles. The summed E-state index contributed by atoms with van der Waals surface area (Å²) in [6.07, 6.45) is 0. The van der Waals surface area contributed by atoms with Gasteiger partial charge in [0.2, 0.25) is 5.91 Å². The highest BCUT2D eigenvalue weighted by Crippen LogP contribution is 2.09. The minimum atomic E-state index is -0.245. The third-order valence-corrected chi connectivity index (χ3v) is 2.08. The van der Waals surface area contributed by atoms with Gasteiger partial charge in [0.15, 0.2) is 0 Å². The number of hydrogen-bond acceptors (Lipinski definition) is 2. The monoisotopic (exact) mass is 210 g/mol. The van der Waals surface area contributed by atoms with E-state index < -0.39 is 0 Å². The predicted molar refractivity (Wildman–Crippen MR) is 56.9 cm³/mol. The van der Waals surface area contributed by atoms with Gasteiger partial charge in [0.25, 0.3) is 0 Å². The van der Waals surface area contributed by atoms with Crippen LogP contribution >= 0.6 is 0 Å². The number of rotatable bonds is 4. The van der Waals surface area contributed by atoms with Crippen LogP contribution in [0.2, 0.25) is 0 Å². The van der Waals surface area contributed by atoms with Gasteiger partial charge in [-0.05, 0) is 13.0 Å². The lowest BCUT2D eigenvalue weighted by atomic mass is 10.1. The molecule has 0 aliphatic carbocycles. The lowest BCUT2D eigenvalue weighted by Gasteiger charge is -2.06. The summed E-state index contributed by atoms with van der Waals surface area (Å²) in [5.41, 5.74) is 1.59. The molecular formula is C11H15FN2O. The van der Waals surface area contributed by atoms with E-state index in [9.17, 15) is 9.18 Å². The molecule has 0 aromatic heterocycles. The summed E-state index contributed by atoms with van der Waals surface area (Å²) in [5.74, 6) is -0.354. The minimum absolute atomic E-state index is 0.108. The first-order valence-corrected chi connectivity index (χ1v) is 4.80. The van der Waals surface area contributed by atoms with E-state index in [-0.39, 0.29) is 18.3 Å². The van der Waals surface area contributed by atoms with Crippen molar-refractivity contribution in [3.05, 3.63) is 35.1 Å². The van der Waals surface area contributed by atoms with Crippen LogP contribution in [0.3, 0.4) is 0 Å². The Labute approximate surface area is 88.7 Å². The number of amides is 1. The summed E-state index contributed by atoms with van der Waals surface area (Å²) in [5, 5.41) is 5.35. The van der Waals surface area contributed by atoms with Crippen molar-refractivity contribution in [2.45, 2.75) is 13.5 Å². The van der Waals surface area contributed by atoms with Gasteiger partial charge in [0, 0.05) is 19.2 Å². The van der Waals surface area contributed by atoms with Crippen LogP contribution in [0.1, 0.15) is 11.1 Å². The molecule has 0 aliphatic heterocycles. The van der Waals surface area contributed by atoms with Crippen molar-refractivity contribution in [1.29, 1.82) is 0 Å². The van der Waals surface area contributed by atoms with E-state index in [0.717, 1.165) is 5.56 Å². The SMILES string of the molecule is CNC(=O)CNCc1cc(C)ccc1F. The first-order chi connectivity index (χ1) is 7.13. The molecule has 0 aliphatic rings. The van der Waals surface area contributed by atoms with Crippen LogP contribution < -0.4 is 10.6 Å². The third-order valence-electron chi connectivity index (χ3n) is 2.08. The Balaban J connectivity index is 2.50. The van der Waals surface area contributed by atoms with Crippen molar-refractivity contribution in [2.75, 3.05) is 13.6 Å². The van der Waals surface area contributed by atoms with Gasteiger partial charge in [-0.2, -0.15) is 0 Å². The molecule has 0 atom stereocenters. The largest absolute Gasteiger partial charge is 0.358 e. The molecule has 82 valence electrons. The zero-order valence-corrected chi connectivity index (χ0v) is 8.93. The maximum absolute atomic E-state index is 13.2. The van der Waals surface area contributed by atoms with Crippen LogP contribution in [0, 0.1) is 12.7 Å². The van der Waals surface area contributed by atoms with Crippen LogP contribution in [0.15, 0.2) is 18.2 Å². The van der Waals surface area contributed by atoms with Gasteiger partial charge in [-0.25, -0.2) is 4.39 Å². The number of nitrogens with one attached hydrogen (secondary N) is 2. The van der Waals surface area contributed by atoms with Gasteiger partial charge in [-0.15, -0.1) is 0 Å². The Morgan fingerprint density at radius 3 is 2.87 bits per heavy atom. The zero-order valence-electron chi connectivity index (χ0n) is 8.93. The Hall–Kier alpha value is -1.42. The van der Waals surface area contributed by atoms with Gasteiger partial charge in [-0.1, -0.05) is 17.7 Å². The lowest BCUT2D eigenvalue weighted by molar-refractivity contribution is -0.119. The van der Waals surface area contributed by atoms with Gasteiger partial charge < -0.3 is 10.6 Å². The quantitative estimate of drug-likeness (QED) is 0.777. The first kappa shape index (κ1) is 11.7. The summed E-state index contributed by atoms with van der Waals surface area (Å²) in [6, 6.07) is 4.93. The van der Waals surface area contributed by atoms with E-state index in [1.54, 1.807) is 19.2 Å². The van der Waals surface area contributed by atoms with Crippen LogP contribution in [0.5, 0.6) is 0 Å². The molecule has 1 aromatic rings. The van der Waals surface area contributed by atoms with Gasteiger partial charge >= 0.3 is 0 Å². The zero-order chi connectivity index (χ0) is 11.3. The first-order valence-electron chi connectivity index (χ1n) is 4.80. The van der Waals surface area contributed by atoms with E-state index in [0.29, 0.717) is 12.1 Å². The summed E-state index contributed by atoms with van der Waals surface area (Å²) >= 11 is 0. The van der Waals surface area contributed by atoms with Crippen LogP contribution in [-0.4, -0.2) is 19.5 Å². The van der Waals surface area contributed by atoms with Crippen molar-refractivity contribution in [1.82, 2.24) is 10.6 Å². The second kappa shape index (κ2) is 5.46. The molecule has 0 radical (unpaired) electrons. The van der Waals surface area contributed by atoms with E-state index in [1.807, 2.05) is 6.92 Å². The molecule has 0 heterocycles. The van der Waals surface area contributed by atoms with Crippen LogP contribution in [0.4, 0.5) is 4.39 Å². The summed E-state index contributed by atoms with van der Waals surface area (Å²) < 4.78 is 13.2. The topological polar surface area (TPSA) is 41.1 Å². The average Bonchev–Trinajstić information content (AvgIpc) is 2.23. The molecule has 2 N–H and O–H groups in total. The average molecular weight is 210 g/mol. The van der Waals surface area contributed by atoms with Crippen LogP contribution in [0.25, 0.3) is 0 Å². The number of aryl methyl sites for hydroxylation is 1. The fraction of sp³-hybridized carbons (Fsp3) is 0.364. The van der Waals surface area contributed by atoms with Gasteiger partial charge in [-0.3, -0.25) is 4.79 Å². The number of carbonyl (C=O) groups excluding carboxylic acids is 1. The molecule has 1 rings (SSSR count). The fourth-order valence-electron chi connectivity index (χ4n) is 1.24. The minimum Gasteiger partial charge on any atom is -0.358 e. The van der Waals surface area contributed by atoms with E-state index in [1.165, 1.54) is 6.07 Å². The molecule has 0 bridgehead atoms. The second-order valence-corrected chi connectivity index (χ2v) is 3.37. The molecule has 3 nitrogen and oxygen atoms in total. The third kappa shape index (κ3) is 3.67. The van der Waals surface area contributed by atoms with Crippen molar-refractivity contribution in [2.24, 2.45) is 0 Å². The number of likely N-dealkylation sites (N-methyl/N-ethyl adjacent to an activating group) is 1. The maximum atomic E-state index is 13.2. The van der Waals surface area contributed by atoms with Crippen molar-refractivity contribution in [3.63, 3.8) is 0 Å². The van der Waals surface area contributed by atoms with Crippen molar-refractivity contribution >= 4 is 5.91 Å². The molecule has 4 heteroatoms. The number of hydrogen-bond donors (Lipinski definition) is 2. The Morgan fingerprint density at radius 1 is 1.47 bits per heavy atom. The molecule has 0 spiro atoms. The normalized spacial score (nSPS) is 10.1. The van der Waals surface area contributed by atoms with Gasteiger partial charge in [0.1, 0.15) is 5.82 Å². The molecule has 1 amide bonds. The van der Waals surface area contributed by atoms with Gasteiger partial charge in [0.05, 0.1) is 6.54 Å². The van der Waals surface area contributed by atoms with Crippen molar-refractivity contribution in [3.8, 4) is 0 Å². The molecular weight excluding hydrogens is 195 g/mol. The summed E-state index contributed by atoms with van der Waals surface area (Å²) in [6.45, 7) is 2.46. The summed E-state index contributed by atoms with van der Waals surface area (Å²) in [7, 11) is 1.57. The maximum Gasteiger partial charge on any atom is 0.233 e. The van der Waals surface area contributed by atoms with Crippen molar-refractivity contribution < 1.29 is 9.18 Å². The molecule has 0 saturated heterocycles. The number of benzene rings is 1. The standard InChI is InChI=1S/C11H15FN2O/c1-8-3-4-10(12)9(5-8)6-14-7-11(15)13-2/h3-5,14H,6-7H2,1-2H3,(H,13,15). The number of halogens is 1. The van der Waals surface area contributed by atoms with E-state index in [2.05, 4.69) is 10.6 Å². The molecule has 0 unspecified atom stereocenters. The Kier molecular flexibility index (Phi) is 4.24. The second-order valence-electron chi connectivity index (χ2n) is 3.37. The summed E-state index contributed by atoms with van der Waals surface area (Å²) in [4.78, 5) is 10.9. The Bertz CT molecular complexity index is 352. The highest BCUT2D eigenvalue weighted by molar-refractivity contribution is 5.77. The molecule has 0 saturated carbocycles. The van der Waals surface area contributed by atoms with Crippen LogP contribution in [-0.2, 0) is 11.3 Å². The predicted octanol–water partition coefficient (Wildman–Crippen LogP) is 0.970. The molecule has 15 heavy (non-hydrogen) atoms. The highest BCUT2D eigenvalue weighted by Gasteiger charge is 2.02. The smallest absolute Gasteiger partial charge is 0.233 e. The fourth-order valence-corrected chi connectivity index (χ4v) is 1.24. The highest BCUT2D eigenvalue weighted by atomic mass is 19.1. The number of carbonyl (C=O) groups is 1. The van der Waals surface area contributed by atoms with E-state index in [4.69, 9.17) is 0 Å². The lowest BCUT2D eigenvalue weighted by Crippen LogP contribution is -2.31. The van der Waals surface area contributed by atoms with E-state index >= 15 is 0 Å². The Morgan fingerprint density at radius 2 is 2.20 bits per heavy atom. The molecule has 0 fully saturated rings.